The van der Waals surface area contributed by atoms with E-state index in [0.717, 1.165) is 60.0 Å². The van der Waals surface area contributed by atoms with E-state index in [1.165, 1.54) is 12.1 Å². The molecule has 0 aliphatic carbocycles. The molecule has 2 heterocycles. The molecular weight excluding hydrogens is 409 g/mol. The highest BCUT2D eigenvalue weighted by Gasteiger charge is 2.31. The van der Waals surface area contributed by atoms with Crippen LogP contribution in [0.5, 0.6) is 0 Å². The van der Waals surface area contributed by atoms with Crippen LogP contribution in [0.25, 0.3) is 0 Å². The zero-order valence-corrected chi connectivity index (χ0v) is 17.9. The molecule has 1 aromatic heterocycles. The minimum atomic E-state index is -4.44. The average molecular weight is 435 g/mol. The quantitative estimate of drug-likeness (QED) is 0.455. The van der Waals surface area contributed by atoms with Gasteiger partial charge in [-0.3, -0.25) is 9.78 Å². The van der Waals surface area contributed by atoms with Crippen LogP contribution in [0.2, 0.25) is 0 Å². The van der Waals surface area contributed by atoms with Gasteiger partial charge < -0.3 is 4.90 Å². The zero-order valence-electron chi connectivity index (χ0n) is 17.1. The van der Waals surface area contributed by atoms with Crippen LogP contribution in [0, 0.1) is 19.8 Å². The number of thiocarbonyl (C=S) groups is 1. The van der Waals surface area contributed by atoms with Gasteiger partial charge in [-0.05, 0) is 62.4 Å². The molecule has 160 valence electrons. The van der Waals surface area contributed by atoms with Crippen LogP contribution in [-0.4, -0.2) is 33.7 Å². The molecule has 3 rings (SSSR count). The highest BCUT2D eigenvalue weighted by Crippen LogP contribution is 2.30. The lowest BCUT2D eigenvalue weighted by atomic mass is 9.89. The number of aryl methyl sites for hydroxylation is 2. The Bertz CT molecular complexity index is 914. The van der Waals surface area contributed by atoms with Gasteiger partial charge in [0.1, 0.15) is 0 Å². The Morgan fingerprint density at radius 3 is 2.50 bits per heavy atom. The van der Waals surface area contributed by atoms with Crippen molar-refractivity contribution in [1.82, 2.24) is 9.88 Å². The number of Topliss-reactive ketones (excluding diaryl/α,β-unsaturated/α-hetero) is 1. The van der Waals surface area contributed by atoms with Crippen molar-refractivity contribution in [3.8, 4) is 0 Å². The second kappa shape index (κ2) is 9.25. The van der Waals surface area contributed by atoms with Crippen molar-refractivity contribution < 1.29 is 18.0 Å². The summed E-state index contributed by atoms with van der Waals surface area (Å²) in [7, 11) is 0. The van der Waals surface area contributed by atoms with Gasteiger partial charge in [-0.2, -0.15) is 13.2 Å². The minimum absolute atomic E-state index is 0.128. The van der Waals surface area contributed by atoms with Gasteiger partial charge in [-0.25, -0.2) is 0 Å². The van der Waals surface area contributed by atoms with Gasteiger partial charge in [0.15, 0.2) is 5.78 Å². The van der Waals surface area contributed by atoms with Crippen molar-refractivity contribution in [3.63, 3.8) is 0 Å². The summed E-state index contributed by atoms with van der Waals surface area (Å²) in [5, 5.41) is 0. The maximum Gasteiger partial charge on any atom is 0.416 e. The van der Waals surface area contributed by atoms with Gasteiger partial charge in [-0.15, -0.1) is 0 Å². The van der Waals surface area contributed by atoms with Gasteiger partial charge in [0.05, 0.1) is 10.6 Å². The molecule has 2 aromatic rings. The smallest absolute Gasteiger partial charge is 0.366 e. The van der Waals surface area contributed by atoms with E-state index in [2.05, 4.69) is 9.88 Å². The number of aromatic nitrogens is 1. The summed E-state index contributed by atoms with van der Waals surface area (Å²) < 4.78 is 38.6. The van der Waals surface area contributed by atoms with Crippen LogP contribution in [0.3, 0.4) is 0 Å². The largest absolute Gasteiger partial charge is 0.416 e. The van der Waals surface area contributed by atoms with E-state index in [4.69, 9.17) is 12.2 Å². The Morgan fingerprint density at radius 2 is 1.87 bits per heavy atom. The van der Waals surface area contributed by atoms with Gasteiger partial charge in [0, 0.05) is 42.9 Å². The topological polar surface area (TPSA) is 33.2 Å². The summed E-state index contributed by atoms with van der Waals surface area (Å²) in [6, 6.07) is 8.75. The predicted molar refractivity (Wildman–Crippen MR) is 115 cm³/mol. The molecule has 3 nitrogen and oxygen atoms in total. The first-order valence-electron chi connectivity index (χ1n) is 10.0. The SMILES string of the molecule is Cc1cc(C)nc(CC(=S)N2CCC(CC(=O)c3cccc(C(F)(F)F)c3)CC2)c1. The summed E-state index contributed by atoms with van der Waals surface area (Å²) in [5.41, 5.74) is 2.43. The van der Waals surface area contributed by atoms with Crippen molar-refractivity contribution in [2.45, 2.75) is 45.7 Å². The Kier molecular flexibility index (Phi) is 6.91. The number of halogens is 3. The molecule has 0 bridgehead atoms. The summed E-state index contributed by atoms with van der Waals surface area (Å²) in [6.07, 6.45) is -1.97. The normalized spacial score (nSPS) is 15.3. The van der Waals surface area contributed by atoms with E-state index in [-0.39, 0.29) is 23.7 Å². The number of hydrogen-bond donors (Lipinski definition) is 0. The number of carbonyl (C=O) groups is 1. The maximum absolute atomic E-state index is 12.9. The van der Waals surface area contributed by atoms with Crippen LogP contribution >= 0.6 is 12.2 Å². The number of rotatable bonds is 5. The fourth-order valence-electron chi connectivity index (χ4n) is 3.92. The number of nitrogens with zero attached hydrogens (tertiary/aromatic N) is 2. The Balaban J connectivity index is 1.53. The molecule has 1 aliphatic rings. The molecule has 0 unspecified atom stereocenters. The van der Waals surface area contributed by atoms with Gasteiger partial charge in [0.2, 0.25) is 0 Å². The molecular formula is C23H25F3N2OS. The first kappa shape index (κ1) is 22.4. The lowest BCUT2D eigenvalue weighted by Gasteiger charge is -2.33. The molecule has 7 heteroatoms. The summed E-state index contributed by atoms with van der Waals surface area (Å²) in [6.45, 7) is 5.51. The monoisotopic (exact) mass is 434 g/mol. The number of benzene rings is 1. The van der Waals surface area contributed by atoms with Crippen molar-refractivity contribution in [1.29, 1.82) is 0 Å². The molecule has 1 saturated heterocycles. The molecule has 0 N–H and O–H groups in total. The minimum Gasteiger partial charge on any atom is -0.366 e. The summed E-state index contributed by atoms with van der Waals surface area (Å²) >= 11 is 5.61. The second-order valence-electron chi connectivity index (χ2n) is 7.98. The number of alkyl halides is 3. The molecule has 0 amide bonds. The molecule has 0 spiro atoms. The average Bonchev–Trinajstić information content (AvgIpc) is 2.67. The highest BCUT2D eigenvalue weighted by atomic mass is 32.1. The first-order valence-corrected chi connectivity index (χ1v) is 10.4. The fourth-order valence-corrected chi connectivity index (χ4v) is 4.25. The van der Waals surface area contributed by atoms with Crippen LogP contribution in [0.1, 0.15) is 52.1 Å². The van der Waals surface area contributed by atoms with Gasteiger partial charge >= 0.3 is 6.18 Å². The molecule has 30 heavy (non-hydrogen) atoms. The van der Waals surface area contributed by atoms with E-state index >= 15 is 0 Å². The molecule has 1 aliphatic heterocycles. The molecule has 0 atom stereocenters. The number of ketones is 1. The standard InChI is InChI=1S/C23H25F3N2OS/c1-15-10-16(2)27-20(11-15)14-22(30)28-8-6-17(7-9-28)12-21(29)18-4-3-5-19(13-18)23(24,25)26/h3-5,10-11,13,17H,6-9,12,14H2,1-2H3. The van der Waals surface area contributed by atoms with E-state index in [1.54, 1.807) is 0 Å². The zero-order chi connectivity index (χ0) is 21.9. The number of likely N-dealkylation sites (tertiary alicyclic amines) is 1. The third-order valence-electron chi connectivity index (χ3n) is 5.44. The Morgan fingerprint density at radius 1 is 1.17 bits per heavy atom. The highest BCUT2D eigenvalue weighted by molar-refractivity contribution is 7.80. The molecule has 0 radical (unpaired) electrons. The molecule has 1 aromatic carbocycles. The number of carbonyl (C=O) groups excluding carboxylic acids is 1. The number of piperidine rings is 1. The van der Waals surface area contributed by atoms with Gasteiger partial charge in [0.25, 0.3) is 0 Å². The number of hydrogen-bond acceptors (Lipinski definition) is 3. The maximum atomic E-state index is 12.9. The van der Waals surface area contributed by atoms with Crippen LogP contribution in [0.15, 0.2) is 36.4 Å². The summed E-state index contributed by atoms with van der Waals surface area (Å²) in [4.78, 5) is 20.0. The third kappa shape index (κ3) is 5.88. The summed E-state index contributed by atoms with van der Waals surface area (Å²) in [5.74, 6) is -0.0769. The lowest BCUT2D eigenvalue weighted by Crippen LogP contribution is -2.39. The molecule has 1 fully saturated rings. The van der Waals surface area contributed by atoms with Crippen LogP contribution < -0.4 is 0 Å². The Labute approximate surface area is 180 Å². The van der Waals surface area contributed by atoms with E-state index < -0.39 is 11.7 Å². The predicted octanol–water partition coefficient (Wildman–Crippen LogP) is 5.57. The van der Waals surface area contributed by atoms with Crippen molar-refractivity contribution in [2.75, 3.05) is 13.1 Å². The first-order chi connectivity index (χ1) is 14.1. The second-order valence-corrected chi connectivity index (χ2v) is 8.46. The Hall–Kier alpha value is -2.28. The fraction of sp³-hybridized carbons (Fsp3) is 0.435. The van der Waals surface area contributed by atoms with Crippen LogP contribution in [0.4, 0.5) is 13.2 Å². The van der Waals surface area contributed by atoms with E-state index in [0.29, 0.717) is 6.42 Å². The van der Waals surface area contributed by atoms with Crippen molar-refractivity contribution in [2.24, 2.45) is 5.92 Å². The van der Waals surface area contributed by atoms with E-state index in [1.807, 2.05) is 26.0 Å². The van der Waals surface area contributed by atoms with Crippen molar-refractivity contribution >= 4 is 23.0 Å². The third-order valence-corrected chi connectivity index (χ3v) is 5.84. The molecule has 0 saturated carbocycles. The number of pyridine rings is 1. The van der Waals surface area contributed by atoms with Crippen LogP contribution in [-0.2, 0) is 12.6 Å². The lowest BCUT2D eigenvalue weighted by molar-refractivity contribution is -0.137. The van der Waals surface area contributed by atoms with Gasteiger partial charge in [-0.1, -0.05) is 24.4 Å². The van der Waals surface area contributed by atoms with E-state index in [9.17, 15) is 18.0 Å². The van der Waals surface area contributed by atoms with Crippen molar-refractivity contribution in [3.05, 3.63) is 64.5 Å².